The van der Waals surface area contributed by atoms with E-state index in [1.54, 1.807) is 0 Å². The molecule has 0 spiro atoms. The van der Waals surface area contributed by atoms with Gasteiger partial charge < -0.3 is 10.6 Å². The molecule has 7 aromatic rings. The van der Waals surface area contributed by atoms with Gasteiger partial charge in [0, 0.05) is 22.4 Å². The standard InChI is InChI=1S/C40H30N2/c41-34-23-17-33(18-24-34)37-13-7-15-39-38(37)14-8-16-40(39)42(35-25-19-31(20-26-35)29-9-3-1-4-10-29)36-27-21-32(22-28-36)30-11-5-2-6-12-30/h1-28H,41H2. The summed E-state index contributed by atoms with van der Waals surface area (Å²) in [5.74, 6) is 0. The smallest absolute Gasteiger partial charge is 0.0540 e. The van der Waals surface area contributed by atoms with Crippen molar-refractivity contribution in [3.05, 3.63) is 170 Å². The number of anilines is 4. The minimum atomic E-state index is 0.767. The fourth-order valence-electron chi connectivity index (χ4n) is 5.70. The first-order chi connectivity index (χ1) is 20.7. The van der Waals surface area contributed by atoms with Gasteiger partial charge >= 0.3 is 0 Å². The molecular weight excluding hydrogens is 508 g/mol. The highest BCUT2D eigenvalue weighted by Crippen LogP contribution is 2.42. The fraction of sp³-hybridized carbons (Fsp3) is 0. The molecular formula is C40H30N2. The molecule has 0 heterocycles. The van der Waals surface area contributed by atoms with E-state index < -0.39 is 0 Å². The molecule has 0 aliphatic heterocycles. The van der Waals surface area contributed by atoms with E-state index in [9.17, 15) is 0 Å². The summed E-state index contributed by atoms with van der Waals surface area (Å²) in [6.07, 6.45) is 0. The molecule has 0 amide bonds. The van der Waals surface area contributed by atoms with Crippen molar-refractivity contribution in [1.82, 2.24) is 0 Å². The second-order valence-electron chi connectivity index (χ2n) is 10.5. The van der Waals surface area contributed by atoms with Gasteiger partial charge in [-0.15, -0.1) is 0 Å². The summed E-state index contributed by atoms with van der Waals surface area (Å²) in [7, 11) is 0. The van der Waals surface area contributed by atoms with Crippen molar-refractivity contribution in [2.45, 2.75) is 0 Å². The highest BCUT2D eigenvalue weighted by molar-refractivity contribution is 6.05. The van der Waals surface area contributed by atoms with Crippen LogP contribution in [-0.2, 0) is 0 Å². The van der Waals surface area contributed by atoms with E-state index >= 15 is 0 Å². The summed E-state index contributed by atoms with van der Waals surface area (Å²) < 4.78 is 0. The topological polar surface area (TPSA) is 29.3 Å². The zero-order chi connectivity index (χ0) is 28.3. The Bertz CT molecular complexity index is 1860. The maximum atomic E-state index is 6.00. The molecule has 0 saturated heterocycles. The molecule has 0 saturated carbocycles. The van der Waals surface area contributed by atoms with Crippen LogP contribution in [0.5, 0.6) is 0 Å². The minimum absolute atomic E-state index is 0.767. The molecule has 0 unspecified atom stereocenters. The molecule has 0 fully saturated rings. The maximum Gasteiger partial charge on any atom is 0.0540 e. The van der Waals surface area contributed by atoms with Gasteiger partial charge in [0.05, 0.1) is 5.69 Å². The van der Waals surface area contributed by atoms with E-state index in [0.717, 1.165) is 28.3 Å². The monoisotopic (exact) mass is 538 g/mol. The average Bonchev–Trinajstić information content (AvgIpc) is 3.07. The van der Waals surface area contributed by atoms with Crippen LogP contribution < -0.4 is 10.6 Å². The van der Waals surface area contributed by atoms with E-state index in [-0.39, 0.29) is 0 Å². The predicted octanol–water partition coefficient (Wildman–Crippen LogP) is 10.9. The Morgan fingerprint density at radius 3 is 1.33 bits per heavy atom. The number of benzene rings is 7. The largest absolute Gasteiger partial charge is 0.399 e. The van der Waals surface area contributed by atoms with Crippen LogP contribution in [0.25, 0.3) is 44.2 Å². The lowest BCUT2D eigenvalue weighted by Crippen LogP contribution is -2.10. The Hall–Kier alpha value is -5.60. The molecule has 7 rings (SSSR count). The first-order valence-corrected chi connectivity index (χ1v) is 14.2. The number of rotatable bonds is 6. The first kappa shape index (κ1) is 25.4. The van der Waals surface area contributed by atoms with Crippen LogP contribution in [0.15, 0.2) is 170 Å². The SMILES string of the molecule is Nc1ccc(-c2cccc3c(N(c4ccc(-c5ccccc5)cc4)c4ccc(-c5ccccc5)cc4)cccc23)cc1. The van der Waals surface area contributed by atoms with Gasteiger partial charge in [-0.2, -0.15) is 0 Å². The minimum Gasteiger partial charge on any atom is -0.399 e. The molecule has 0 atom stereocenters. The van der Waals surface area contributed by atoms with Crippen LogP contribution in [0.3, 0.4) is 0 Å². The number of nitrogen functional groups attached to an aromatic ring is 1. The Labute approximate surface area is 246 Å². The predicted molar refractivity (Wildman–Crippen MR) is 179 cm³/mol. The lowest BCUT2D eigenvalue weighted by molar-refractivity contribution is 1.30. The van der Waals surface area contributed by atoms with Gasteiger partial charge in [-0.3, -0.25) is 0 Å². The third-order valence-corrected chi connectivity index (χ3v) is 7.83. The zero-order valence-electron chi connectivity index (χ0n) is 23.2. The molecule has 2 N–H and O–H groups in total. The number of hydrogen-bond acceptors (Lipinski definition) is 2. The molecule has 42 heavy (non-hydrogen) atoms. The van der Waals surface area contributed by atoms with Gasteiger partial charge in [-0.1, -0.05) is 127 Å². The number of hydrogen-bond donors (Lipinski definition) is 1. The summed E-state index contributed by atoms with van der Waals surface area (Å²) in [6.45, 7) is 0. The van der Waals surface area contributed by atoms with Crippen LogP contribution >= 0.6 is 0 Å². The van der Waals surface area contributed by atoms with Crippen molar-refractivity contribution in [2.24, 2.45) is 0 Å². The van der Waals surface area contributed by atoms with Crippen molar-refractivity contribution < 1.29 is 0 Å². The summed E-state index contributed by atoms with van der Waals surface area (Å²) in [6, 6.07) is 60.0. The second-order valence-corrected chi connectivity index (χ2v) is 10.5. The number of nitrogens with zero attached hydrogens (tertiary/aromatic N) is 1. The van der Waals surface area contributed by atoms with Crippen LogP contribution in [0, 0.1) is 0 Å². The number of nitrogens with two attached hydrogens (primary N) is 1. The van der Waals surface area contributed by atoms with Crippen molar-refractivity contribution >= 4 is 33.5 Å². The van der Waals surface area contributed by atoms with Crippen molar-refractivity contribution in [3.63, 3.8) is 0 Å². The average molecular weight is 539 g/mol. The molecule has 2 heteroatoms. The molecule has 200 valence electrons. The zero-order valence-corrected chi connectivity index (χ0v) is 23.2. The van der Waals surface area contributed by atoms with Crippen LogP contribution in [0.4, 0.5) is 22.7 Å². The fourth-order valence-corrected chi connectivity index (χ4v) is 5.70. The second kappa shape index (κ2) is 11.1. The van der Waals surface area contributed by atoms with Gasteiger partial charge in [0.1, 0.15) is 0 Å². The molecule has 0 radical (unpaired) electrons. The third-order valence-electron chi connectivity index (χ3n) is 7.83. The summed E-state index contributed by atoms with van der Waals surface area (Å²) in [5.41, 5.74) is 17.3. The number of fused-ring (bicyclic) bond motifs is 1. The molecule has 0 aliphatic carbocycles. The normalized spacial score (nSPS) is 11.0. The highest BCUT2D eigenvalue weighted by Gasteiger charge is 2.17. The van der Waals surface area contributed by atoms with E-state index in [1.165, 1.54) is 38.6 Å². The van der Waals surface area contributed by atoms with Gasteiger partial charge in [-0.05, 0) is 81.2 Å². The van der Waals surface area contributed by atoms with Gasteiger partial charge in [0.15, 0.2) is 0 Å². The van der Waals surface area contributed by atoms with Crippen molar-refractivity contribution in [1.29, 1.82) is 0 Å². The Balaban J connectivity index is 1.38. The first-order valence-electron chi connectivity index (χ1n) is 14.2. The van der Waals surface area contributed by atoms with Crippen LogP contribution in [0.2, 0.25) is 0 Å². The Morgan fingerprint density at radius 1 is 0.333 bits per heavy atom. The van der Waals surface area contributed by atoms with E-state index in [1.807, 2.05) is 12.1 Å². The Kier molecular flexibility index (Phi) is 6.71. The third kappa shape index (κ3) is 4.91. The highest BCUT2D eigenvalue weighted by atomic mass is 15.1. The van der Waals surface area contributed by atoms with Gasteiger partial charge in [0.2, 0.25) is 0 Å². The molecule has 0 aliphatic rings. The van der Waals surface area contributed by atoms with Gasteiger partial charge in [0.25, 0.3) is 0 Å². The summed E-state index contributed by atoms with van der Waals surface area (Å²) >= 11 is 0. The molecule has 0 aromatic heterocycles. The van der Waals surface area contributed by atoms with E-state index in [0.29, 0.717) is 0 Å². The van der Waals surface area contributed by atoms with E-state index in [4.69, 9.17) is 5.73 Å². The van der Waals surface area contributed by atoms with Crippen molar-refractivity contribution in [3.8, 4) is 33.4 Å². The molecule has 7 aromatic carbocycles. The lowest BCUT2D eigenvalue weighted by atomic mass is 9.96. The van der Waals surface area contributed by atoms with Crippen LogP contribution in [-0.4, -0.2) is 0 Å². The summed E-state index contributed by atoms with van der Waals surface area (Å²) in [5, 5.41) is 2.39. The molecule has 2 nitrogen and oxygen atoms in total. The lowest BCUT2D eigenvalue weighted by Gasteiger charge is -2.27. The van der Waals surface area contributed by atoms with Crippen LogP contribution in [0.1, 0.15) is 0 Å². The van der Waals surface area contributed by atoms with Gasteiger partial charge in [-0.25, -0.2) is 0 Å². The Morgan fingerprint density at radius 2 is 0.786 bits per heavy atom. The van der Waals surface area contributed by atoms with E-state index in [2.05, 4.69) is 163 Å². The summed E-state index contributed by atoms with van der Waals surface area (Å²) in [4.78, 5) is 2.36. The van der Waals surface area contributed by atoms with Crippen molar-refractivity contribution in [2.75, 3.05) is 10.6 Å². The maximum absolute atomic E-state index is 6.00. The molecule has 0 bridgehead atoms. The quantitative estimate of drug-likeness (QED) is 0.213.